The fourth-order valence-electron chi connectivity index (χ4n) is 2.97. The molecule has 25 heavy (non-hydrogen) atoms. The molecule has 1 atom stereocenters. The van der Waals surface area contributed by atoms with Gasteiger partial charge in [-0.3, -0.25) is 4.99 Å². The molecule has 6 nitrogen and oxygen atoms in total. The van der Waals surface area contributed by atoms with Crippen LogP contribution < -0.4 is 16.4 Å². The highest BCUT2D eigenvalue weighted by Gasteiger charge is 2.33. The molecule has 0 radical (unpaired) electrons. The van der Waals surface area contributed by atoms with Gasteiger partial charge < -0.3 is 25.8 Å². The second-order valence-electron chi connectivity index (χ2n) is 6.29. The van der Waals surface area contributed by atoms with Crippen molar-refractivity contribution in [1.29, 1.82) is 0 Å². The third-order valence-electron chi connectivity index (χ3n) is 4.44. The summed E-state index contributed by atoms with van der Waals surface area (Å²) >= 11 is 0. The zero-order chi connectivity index (χ0) is 17.3. The first-order valence-corrected chi connectivity index (χ1v) is 8.58. The van der Waals surface area contributed by atoms with Crippen LogP contribution >= 0.6 is 24.0 Å². The number of rotatable bonds is 8. The van der Waals surface area contributed by atoms with Gasteiger partial charge in [0.05, 0.1) is 13.2 Å². The van der Waals surface area contributed by atoms with E-state index in [0.717, 1.165) is 26.1 Å². The monoisotopic (exact) mass is 462 g/mol. The molecule has 4 N–H and O–H groups in total. The van der Waals surface area contributed by atoms with Crippen molar-refractivity contribution in [3.05, 3.63) is 35.9 Å². The topological polar surface area (TPSA) is 80.9 Å². The van der Waals surface area contributed by atoms with Crippen LogP contribution in [0.1, 0.15) is 31.4 Å². The van der Waals surface area contributed by atoms with Gasteiger partial charge in [0.2, 0.25) is 0 Å². The van der Waals surface area contributed by atoms with E-state index < -0.39 is 0 Å². The smallest absolute Gasteiger partial charge is 0.188 e. The normalized spacial score (nSPS) is 18.2. The molecule has 1 heterocycles. The standard InChI is InChI=1S/C18H30N4O2.HI/c1-15(16-6-4-3-5-7-16)22-18(8-11-24-12-9-18)14-21-17(19)20-10-13-23-2;/h3-7,15,22H,8-14H2,1-2H3,(H3,19,20,21);1H. The Labute approximate surface area is 168 Å². The second-order valence-corrected chi connectivity index (χ2v) is 6.29. The van der Waals surface area contributed by atoms with Crippen molar-refractivity contribution in [1.82, 2.24) is 10.6 Å². The Morgan fingerprint density at radius 2 is 2.00 bits per heavy atom. The van der Waals surface area contributed by atoms with Crippen LogP contribution in [0.25, 0.3) is 0 Å². The molecular weight excluding hydrogens is 431 g/mol. The fourth-order valence-corrected chi connectivity index (χ4v) is 2.97. The Hall–Kier alpha value is -0.900. The highest BCUT2D eigenvalue weighted by Crippen LogP contribution is 2.25. The first-order chi connectivity index (χ1) is 11.7. The lowest BCUT2D eigenvalue weighted by Crippen LogP contribution is -2.53. The number of guanidine groups is 1. The average molecular weight is 462 g/mol. The maximum absolute atomic E-state index is 5.96. The van der Waals surface area contributed by atoms with Crippen molar-refractivity contribution < 1.29 is 9.47 Å². The number of benzene rings is 1. The van der Waals surface area contributed by atoms with Gasteiger partial charge in [0.25, 0.3) is 0 Å². The molecular formula is C18H31IN4O2. The summed E-state index contributed by atoms with van der Waals surface area (Å²) in [5.74, 6) is 0.465. The SMILES string of the molecule is COCCNC(N)=NCC1(NC(C)c2ccccc2)CCOCC1.I. The van der Waals surface area contributed by atoms with Gasteiger partial charge in [-0.05, 0) is 25.3 Å². The summed E-state index contributed by atoms with van der Waals surface area (Å²) in [6.07, 6.45) is 1.86. The Kier molecular flexibility index (Phi) is 10.3. The molecule has 1 unspecified atom stereocenters. The van der Waals surface area contributed by atoms with E-state index in [1.165, 1.54) is 5.56 Å². The highest BCUT2D eigenvalue weighted by atomic mass is 127. The first-order valence-electron chi connectivity index (χ1n) is 8.58. The minimum Gasteiger partial charge on any atom is -0.383 e. The summed E-state index contributed by atoms with van der Waals surface area (Å²) < 4.78 is 10.6. The molecule has 0 aliphatic carbocycles. The maximum Gasteiger partial charge on any atom is 0.188 e. The summed E-state index contributed by atoms with van der Waals surface area (Å²) in [5.41, 5.74) is 7.15. The molecule has 1 aromatic carbocycles. The molecule has 2 rings (SSSR count). The Bertz CT molecular complexity index is 507. The summed E-state index contributed by atoms with van der Waals surface area (Å²) in [7, 11) is 1.67. The molecule has 0 saturated carbocycles. The van der Waals surface area contributed by atoms with Crippen LogP contribution in [0, 0.1) is 0 Å². The van der Waals surface area contributed by atoms with Gasteiger partial charge in [0, 0.05) is 38.4 Å². The number of hydrogen-bond donors (Lipinski definition) is 3. The molecule has 1 aromatic rings. The molecule has 1 aliphatic rings. The lowest BCUT2D eigenvalue weighted by molar-refractivity contribution is 0.0374. The Morgan fingerprint density at radius 1 is 1.32 bits per heavy atom. The Morgan fingerprint density at radius 3 is 2.64 bits per heavy atom. The number of ether oxygens (including phenoxy) is 2. The van der Waals surface area contributed by atoms with E-state index >= 15 is 0 Å². The van der Waals surface area contributed by atoms with Gasteiger partial charge in [-0.1, -0.05) is 30.3 Å². The van der Waals surface area contributed by atoms with Crippen molar-refractivity contribution in [3.8, 4) is 0 Å². The minimum atomic E-state index is -0.0823. The fraction of sp³-hybridized carbons (Fsp3) is 0.611. The molecule has 1 saturated heterocycles. The van der Waals surface area contributed by atoms with Gasteiger partial charge in [-0.25, -0.2) is 0 Å². The Balaban J connectivity index is 0.00000312. The van der Waals surface area contributed by atoms with E-state index in [0.29, 0.717) is 25.7 Å². The average Bonchev–Trinajstić information content (AvgIpc) is 2.62. The van der Waals surface area contributed by atoms with Crippen LogP contribution in [0.2, 0.25) is 0 Å². The van der Waals surface area contributed by atoms with Crippen LogP contribution in [0.5, 0.6) is 0 Å². The van der Waals surface area contributed by atoms with Crippen molar-refractivity contribution in [3.63, 3.8) is 0 Å². The summed E-state index contributed by atoms with van der Waals surface area (Å²) in [4.78, 5) is 4.55. The van der Waals surface area contributed by atoms with Gasteiger partial charge >= 0.3 is 0 Å². The third kappa shape index (κ3) is 7.47. The number of halogens is 1. The van der Waals surface area contributed by atoms with Crippen LogP contribution in [0.4, 0.5) is 0 Å². The number of nitrogens with two attached hydrogens (primary N) is 1. The minimum absolute atomic E-state index is 0. The molecule has 0 bridgehead atoms. The molecule has 1 fully saturated rings. The number of nitrogens with zero attached hydrogens (tertiary/aromatic N) is 1. The quantitative estimate of drug-likeness (QED) is 0.239. The van der Waals surface area contributed by atoms with E-state index in [9.17, 15) is 0 Å². The van der Waals surface area contributed by atoms with Crippen LogP contribution in [-0.2, 0) is 9.47 Å². The van der Waals surface area contributed by atoms with Gasteiger partial charge in [0.1, 0.15) is 0 Å². The molecule has 7 heteroatoms. The highest BCUT2D eigenvalue weighted by molar-refractivity contribution is 14.0. The lowest BCUT2D eigenvalue weighted by Gasteiger charge is -2.39. The zero-order valence-corrected chi connectivity index (χ0v) is 17.5. The predicted octanol–water partition coefficient (Wildman–Crippen LogP) is 2.06. The van der Waals surface area contributed by atoms with E-state index in [2.05, 4.69) is 46.8 Å². The van der Waals surface area contributed by atoms with Crippen molar-refractivity contribution >= 4 is 29.9 Å². The number of aliphatic imine (C=N–C) groups is 1. The van der Waals surface area contributed by atoms with Gasteiger partial charge in [-0.15, -0.1) is 24.0 Å². The van der Waals surface area contributed by atoms with Crippen molar-refractivity contribution in [2.24, 2.45) is 10.7 Å². The van der Waals surface area contributed by atoms with E-state index in [1.807, 2.05) is 6.07 Å². The molecule has 142 valence electrons. The van der Waals surface area contributed by atoms with Crippen LogP contribution in [-0.4, -0.2) is 51.5 Å². The zero-order valence-electron chi connectivity index (χ0n) is 15.2. The van der Waals surface area contributed by atoms with Crippen molar-refractivity contribution in [2.75, 3.05) is 40.0 Å². The van der Waals surface area contributed by atoms with Gasteiger partial charge in [0.15, 0.2) is 5.96 Å². The molecule has 0 spiro atoms. The number of hydrogen-bond acceptors (Lipinski definition) is 4. The first kappa shape index (κ1) is 22.1. The van der Waals surface area contributed by atoms with E-state index in [4.69, 9.17) is 15.2 Å². The summed E-state index contributed by atoms with van der Waals surface area (Å²) in [5, 5.41) is 6.85. The van der Waals surface area contributed by atoms with E-state index in [-0.39, 0.29) is 35.6 Å². The third-order valence-corrected chi connectivity index (χ3v) is 4.44. The summed E-state index contributed by atoms with van der Waals surface area (Å²) in [6.45, 7) is 5.60. The lowest BCUT2D eigenvalue weighted by atomic mass is 9.88. The summed E-state index contributed by atoms with van der Waals surface area (Å²) in [6, 6.07) is 10.7. The molecule has 0 aromatic heterocycles. The van der Waals surface area contributed by atoms with Crippen molar-refractivity contribution in [2.45, 2.75) is 31.3 Å². The molecule has 1 aliphatic heterocycles. The van der Waals surface area contributed by atoms with Crippen LogP contribution in [0.15, 0.2) is 35.3 Å². The molecule has 0 amide bonds. The predicted molar refractivity (Wildman–Crippen MR) is 113 cm³/mol. The van der Waals surface area contributed by atoms with Crippen LogP contribution in [0.3, 0.4) is 0 Å². The van der Waals surface area contributed by atoms with E-state index in [1.54, 1.807) is 7.11 Å². The van der Waals surface area contributed by atoms with Gasteiger partial charge in [-0.2, -0.15) is 0 Å². The largest absolute Gasteiger partial charge is 0.383 e. The number of nitrogens with one attached hydrogen (secondary N) is 2. The number of methoxy groups -OCH3 is 1. The maximum atomic E-state index is 5.96. The second kappa shape index (κ2) is 11.7.